The molecular formula is C35H28Cl2FN5O10. The molecule has 0 unspecified atom stereocenters. The van der Waals surface area contributed by atoms with E-state index in [0.29, 0.717) is 10.5 Å². The maximum Gasteiger partial charge on any atom is 0.301 e. The molecular weight excluding hydrogens is 740 g/mol. The molecule has 3 fully saturated rings. The Hall–Kier alpha value is -5.61. The summed E-state index contributed by atoms with van der Waals surface area (Å²) in [5, 5.41) is 35.6. The molecule has 18 heteroatoms. The van der Waals surface area contributed by atoms with Gasteiger partial charge in [-0.25, -0.2) is 14.2 Å². The Labute approximate surface area is 309 Å². The van der Waals surface area contributed by atoms with Crippen molar-refractivity contribution >= 4 is 75.3 Å². The summed E-state index contributed by atoms with van der Waals surface area (Å²) in [6, 6.07) is 10.5. The Kier molecular flexibility index (Phi) is 8.26. The van der Waals surface area contributed by atoms with Gasteiger partial charge in [-0.15, -0.1) is 23.2 Å². The number of phenols is 1. The van der Waals surface area contributed by atoms with E-state index in [2.05, 4.69) is 0 Å². The van der Waals surface area contributed by atoms with Gasteiger partial charge in [0.15, 0.2) is 15.4 Å². The van der Waals surface area contributed by atoms with Crippen molar-refractivity contribution in [2.24, 2.45) is 17.8 Å². The molecule has 3 aromatic carbocycles. The van der Waals surface area contributed by atoms with Crippen molar-refractivity contribution in [2.75, 3.05) is 35.9 Å². The number of rotatable bonds is 7. The van der Waals surface area contributed by atoms with Crippen LogP contribution in [0.5, 0.6) is 11.5 Å². The Morgan fingerprint density at radius 2 is 1.53 bits per heavy atom. The Morgan fingerprint density at radius 1 is 0.906 bits per heavy atom. The van der Waals surface area contributed by atoms with Gasteiger partial charge in [0.05, 0.1) is 40.2 Å². The van der Waals surface area contributed by atoms with E-state index in [0.717, 1.165) is 29.2 Å². The van der Waals surface area contributed by atoms with Crippen molar-refractivity contribution in [3.63, 3.8) is 0 Å². The number of fused-ring (bicyclic) bond motifs is 4. The van der Waals surface area contributed by atoms with Crippen LogP contribution in [-0.2, 0) is 19.2 Å². The highest BCUT2D eigenvalue weighted by Crippen LogP contribution is 2.67. The zero-order valence-electron chi connectivity index (χ0n) is 28.0. The lowest BCUT2D eigenvalue weighted by Gasteiger charge is -2.50. The van der Waals surface area contributed by atoms with Crippen LogP contribution in [0.3, 0.4) is 0 Å². The fraction of sp³-hybridized carbons (Fsp3) is 0.314. The number of nitro groups is 2. The second-order valence-electron chi connectivity index (χ2n) is 13.4. The maximum absolute atomic E-state index is 14.6. The molecule has 2 heterocycles. The van der Waals surface area contributed by atoms with Crippen LogP contribution in [0.2, 0.25) is 0 Å². The Morgan fingerprint density at radius 3 is 2.09 bits per heavy atom. The average molecular weight is 769 g/mol. The minimum atomic E-state index is -2.37. The second-order valence-corrected chi connectivity index (χ2v) is 14.6. The lowest BCUT2D eigenvalue weighted by molar-refractivity contribution is -0.392. The molecule has 0 spiro atoms. The molecule has 0 radical (unpaired) electrons. The Bertz CT molecular complexity index is 2180. The van der Waals surface area contributed by atoms with E-state index in [1.165, 1.54) is 56.4 Å². The quantitative estimate of drug-likeness (QED) is 0.109. The number of imide groups is 2. The summed E-state index contributed by atoms with van der Waals surface area (Å²) in [6.45, 7) is 0. The molecule has 2 aliphatic carbocycles. The number of methoxy groups -OCH3 is 1. The third-order valence-corrected chi connectivity index (χ3v) is 12.0. The van der Waals surface area contributed by atoms with Crippen LogP contribution in [0.25, 0.3) is 0 Å². The summed E-state index contributed by atoms with van der Waals surface area (Å²) >= 11 is 14.7. The number of ether oxygens (including phenoxy) is 1. The van der Waals surface area contributed by atoms with Crippen LogP contribution < -0.4 is 19.4 Å². The first-order chi connectivity index (χ1) is 25.0. The lowest BCUT2D eigenvalue weighted by atomic mass is 9.56. The third kappa shape index (κ3) is 4.84. The summed E-state index contributed by atoms with van der Waals surface area (Å²) in [4.78, 5) is 78.1. The largest absolute Gasteiger partial charge is 0.508 e. The molecule has 53 heavy (non-hydrogen) atoms. The van der Waals surface area contributed by atoms with Gasteiger partial charge in [-0.05, 0) is 55.2 Å². The Balaban J connectivity index is 1.41. The van der Waals surface area contributed by atoms with Gasteiger partial charge in [0.2, 0.25) is 11.8 Å². The zero-order chi connectivity index (χ0) is 38.5. The van der Waals surface area contributed by atoms with Crippen LogP contribution in [0, 0.1) is 43.8 Å². The highest BCUT2D eigenvalue weighted by Gasteiger charge is 2.77. The first-order valence-corrected chi connectivity index (χ1v) is 16.8. The van der Waals surface area contributed by atoms with Crippen LogP contribution in [0.1, 0.15) is 24.3 Å². The highest BCUT2D eigenvalue weighted by molar-refractivity contribution is 6.58. The molecule has 0 bridgehead atoms. The van der Waals surface area contributed by atoms with Gasteiger partial charge < -0.3 is 14.7 Å². The molecule has 0 aromatic heterocycles. The van der Waals surface area contributed by atoms with Gasteiger partial charge in [-0.2, -0.15) is 0 Å². The zero-order valence-corrected chi connectivity index (χ0v) is 29.5. The fourth-order valence-electron chi connectivity index (χ4n) is 8.43. The number of alkyl halides is 2. The summed E-state index contributed by atoms with van der Waals surface area (Å²) in [6.07, 6.45) is 1.01. The summed E-state index contributed by atoms with van der Waals surface area (Å²) in [5.41, 5.74) is -1.98. The van der Waals surface area contributed by atoms with Gasteiger partial charge in [-0.1, -0.05) is 17.7 Å². The van der Waals surface area contributed by atoms with Crippen LogP contribution in [-0.4, -0.2) is 69.5 Å². The summed E-state index contributed by atoms with van der Waals surface area (Å²) in [7, 11) is 4.04. The molecule has 15 nitrogen and oxygen atoms in total. The predicted octanol–water partition coefficient (Wildman–Crippen LogP) is 5.19. The van der Waals surface area contributed by atoms with E-state index in [4.69, 9.17) is 27.9 Å². The number of carbonyl (C=O) groups excluding carboxylic acids is 4. The predicted molar refractivity (Wildman–Crippen MR) is 188 cm³/mol. The number of benzene rings is 3. The minimum absolute atomic E-state index is 0.0225. The van der Waals surface area contributed by atoms with Crippen molar-refractivity contribution in [2.45, 2.75) is 28.5 Å². The van der Waals surface area contributed by atoms with Crippen molar-refractivity contribution < 1.29 is 43.3 Å². The first-order valence-electron chi connectivity index (χ1n) is 16.1. The van der Waals surface area contributed by atoms with E-state index in [1.807, 2.05) is 0 Å². The smallest absolute Gasteiger partial charge is 0.301 e. The average Bonchev–Trinajstić information content (AvgIpc) is 3.45. The molecule has 1 N–H and O–H groups in total. The van der Waals surface area contributed by atoms with Crippen LogP contribution in [0.4, 0.5) is 32.8 Å². The van der Waals surface area contributed by atoms with Gasteiger partial charge in [0.25, 0.3) is 11.8 Å². The van der Waals surface area contributed by atoms with E-state index < -0.39 is 96.2 Å². The monoisotopic (exact) mass is 767 g/mol. The van der Waals surface area contributed by atoms with E-state index in [9.17, 15) is 48.9 Å². The normalized spacial score (nSPS) is 27.6. The topological polar surface area (TPSA) is 194 Å². The van der Waals surface area contributed by atoms with Gasteiger partial charge in [0, 0.05) is 37.7 Å². The molecule has 3 aromatic rings. The van der Waals surface area contributed by atoms with Gasteiger partial charge in [-0.3, -0.25) is 39.4 Å². The molecule has 4 amide bonds. The number of phenolic OH excluding ortho intramolecular Hbond substituents is 1. The number of nitro benzene ring substituents is 2. The molecule has 4 aliphatic rings. The first kappa shape index (κ1) is 35.8. The summed E-state index contributed by atoms with van der Waals surface area (Å²) in [5.74, 6) is -9.55. The van der Waals surface area contributed by atoms with E-state index >= 15 is 0 Å². The number of anilines is 3. The van der Waals surface area contributed by atoms with Crippen molar-refractivity contribution in [3.05, 3.63) is 97.9 Å². The van der Waals surface area contributed by atoms with Gasteiger partial charge in [0.1, 0.15) is 17.3 Å². The van der Waals surface area contributed by atoms with Gasteiger partial charge >= 0.3 is 11.4 Å². The fourth-order valence-corrected chi connectivity index (χ4v) is 9.34. The SMILES string of the molecule is COc1cccc(O)c1[C@H]1C2=CC[C@@H]3C(=O)N(c4cc([N+](=O)[O-])c(N(C)C)c([N+](=O)[O-])c4)C(=O)[C@@H]3[C@@H]2C[C@@]2(Cl)C(=O)N(c3ccc(F)cc3)C(=O)[C@@]12Cl. The second kappa shape index (κ2) is 12.2. The number of aromatic hydroxyl groups is 1. The molecule has 2 saturated heterocycles. The molecule has 1 saturated carbocycles. The highest BCUT2D eigenvalue weighted by atomic mass is 35.5. The number of halogens is 3. The number of hydrogen-bond donors (Lipinski definition) is 1. The number of amides is 4. The van der Waals surface area contributed by atoms with E-state index in [-0.39, 0.29) is 34.9 Å². The number of nitrogens with zero attached hydrogens (tertiary/aromatic N) is 5. The number of carbonyl (C=O) groups is 4. The van der Waals surface area contributed by atoms with Crippen LogP contribution in [0.15, 0.2) is 66.2 Å². The maximum atomic E-state index is 14.6. The van der Waals surface area contributed by atoms with Crippen molar-refractivity contribution in [1.29, 1.82) is 0 Å². The van der Waals surface area contributed by atoms with Crippen molar-refractivity contribution in [3.8, 4) is 11.5 Å². The summed E-state index contributed by atoms with van der Waals surface area (Å²) < 4.78 is 19.5. The standard InChI is InChI=1S/C35H28Cl2FN5O10/c1-39(2)29-22(42(49)50)13-18(14-23(29)43(51)52)40-30(45)20-12-11-19-21(26(20)31(40)46)15-34(36)32(47)41(17-9-7-16(38)8-10-17)33(48)35(34,37)28(19)27-24(44)5-4-6-25(27)53-3/h4-11,13-14,20-21,26,28,44H,12,15H2,1-3H3/t20-,21+,26-,28+,34+,35-/m0/s1. The number of hydrogen-bond acceptors (Lipinski definition) is 11. The third-order valence-electron chi connectivity index (χ3n) is 10.6. The lowest BCUT2D eigenvalue weighted by Crippen LogP contribution is -2.60. The van der Waals surface area contributed by atoms with Crippen LogP contribution >= 0.6 is 23.2 Å². The number of allylic oxidation sites excluding steroid dienone is 2. The minimum Gasteiger partial charge on any atom is -0.508 e. The molecule has 2 aliphatic heterocycles. The molecule has 6 atom stereocenters. The molecule has 7 rings (SSSR count). The van der Waals surface area contributed by atoms with Crippen molar-refractivity contribution in [1.82, 2.24) is 0 Å². The van der Waals surface area contributed by atoms with E-state index in [1.54, 1.807) is 6.08 Å². The molecule has 274 valence electrons.